The summed E-state index contributed by atoms with van der Waals surface area (Å²) >= 11 is 0.663. The minimum Gasteiger partial charge on any atom is -0.465 e. The maximum atomic E-state index is 14.0. The number of hydrogen-bond acceptors (Lipinski definition) is 8. The van der Waals surface area contributed by atoms with Crippen LogP contribution >= 0.6 is 11.5 Å². The number of carbonyl (C=O) groups is 4. The summed E-state index contributed by atoms with van der Waals surface area (Å²) in [5, 5.41) is 2.49. The van der Waals surface area contributed by atoms with E-state index in [2.05, 4.69) is 9.69 Å². The molecule has 3 amide bonds. The van der Waals surface area contributed by atoms with Crippen LogP contribution in [0.2, 0.25) is 0 Å². The highest BCUT2D eigenvalue weighted by Gasteiger charge is 2.36. The van der Waals surface area contributed by atoms with Crippen molar-refractivity contribution in [2.24, 2.45) is 5.73 Å². The first-order valence-corrected chi connectivity index (χ1v) is 12.0. The Morgan fingerprint density at radius 1 is 1.14 bits per heavy atom. The van der Waals surface area contributed by atoms with Gasteiger partial charge in [-0.15, -0.1) is 0 Å². The van der Waals surface area contributed by atoms with Crippen LogP contribution in [-0.4, -0.2) is 41.2 Å². The van der Waals surface area contributed by atoms with Crippen molar-refractivity contribution < 1.29 is 28.3 Å². The lowest BCUT2D eigenvalue weighted by atomic mass is 10.0. The third-order valence-electron chi connectivity index (χ3n) is 5.39. The van der Waals surface area contributed by atoms with Crippen molar-refractivity contribution in [2.75, 3.05) is 23.8 Å². The van der Waals surface area contributed by atoms with Gasteiger partial charge in [0.2, 0.25) is 5.91 Å². The molecule has 3 aromatic rings. The number of rotatable bonds is 9. The summed E-state index contributed by atoms with van der Waals surface area (Å²) in [7, 11) is 0. The number of aromatic nitrogens is 1. The standard InChI is InChI=1S/C25H26FN5O5S/c1-4-36-18(32)12-29-24(34)21(15-6-8-16(26)9-7-15)31(17-10-5-13(2)11-14(17)3)25(35)22-19(27)20(23(28)33)30-37-22/h5-11,21H,4,12,27H2,1-3H3,(H2,28,33)(H,29,34)/t21-/m1/s1. The van der Waals surface area contributed by atoms with Crippen LogP contribution in [0.1, 0.15) is 49.8 Å². The van der Waals surface area contributed by atoms with E-state index < -0.39 is 42.1 Å². The molecule has 0 radical (unpaired) electrons. The van der Waals surface area contributed by atoms with E-state index in [1.807, 2.05) is 13.0 Å². The van der Waals surface area contributed by atoms with E-state index in [0.29, 0.717) is 22.8 Å². The molecule has 0 aliphatic carbocycles. The van der Waals surface area contributed by atoms with Crippen molar-refractivity contribution in [2.45, 2.75) is 26.8 Å². The molecule has 0 fully saturated rings. The van der Waals surface area contributed by atoms with Gasteiger partial charge in [0, 0.05) is 5.69 Å². The highest BCUT2D eigenvalue weighted by molar-refractivity contribution is 7.09. The fraction of sp³-hybridized carbons (Fsp3) is 0.240. The molecular formula is C25H26FN5O5S. The molecule has 1 aromatic heterocycles. The third kappa shape index (κ3) is 6.09. The molecule has 0 bridgehead atoms. The molecule has 0 aliphatic rings. The van der Waals surface area contributed by atoms with Crippen LogP contribution in [0.25, 0.3) is 0 Å². The first-order chi connectivity index (χ1) is 17.5. The molecule has 3 rings (SSSR count). The number of aryl methyl sites for hydroxylation is 2. The van der Waals surface area contributed by atoms with Crippen LogP contribution < -0.4 is 21.7 Å². The van der Waals surface area contributed by atoms with E-state index in [1.54, 1.807) is 26.0 Å². The molecule has 2 aromatic carbocycles. The van der Waals surface area contributed by atoms with Crippen LogP contribution in [0.5, 0.6) is 0 Å². The summed E-state index contributed by atoms with van der Waals surface area (Å²) in [5.41, 5.74) is 13.0. The SMILES string of the molecule is CCOC(=O)CNC(=O)[C@@H](c1ccc(F)cc1)N(C(=O)c1snc(C(N)=O)c1N)c1ccc(C)cc1C. The summed E-state index contributed by atoms with van der Waals surface area (Å²) in [5.74, 6) is -3.60. The Kier molecular flexibility index (Phi) is 8.56. The number of nitrogens with zero attached hydrogens (tertiary/aromatic N) is 2. The predicted octanol–water partition coefficient (Wildman–Crippen LogP) is 2.65. The molecule has 0 unspecified atom stereocenters. The van der Waals surface area contributed by atoms with Crippen molar-refractivity contribution in [3.8, 4) is 0 Å². The van der Waals surface area contributed by atoms with Crippen molar-refractivity contribution in [1.82, 2.24) is 9.69 Å². The van der Waals surface area contributed by atoms with E-state index in [1.165, 1.54) is 17.0 Å². The first kappa shape index (κ1) is 27.3. The Morgan fingerprint density at radius 2 is 1.81 bits per heavy atom. The molecular weight excluding hydrogens is 501 g/mol. The van der Waals surface area contributed by atoms with Gasteiger partial charge in [-0.2, -0.15) is 4.37 Å². The molecule has 194 valence electrons. The van der Waals surface area contributed by atoms with Crippen molar-refractivity contribution in [1.29, 1.82) is 0 Å². The third-order valence-corrected chi connectivity index (χ3v) is 6.24. The number of halogens is 1. The second kappa shape index (κ2) is 11.6. The van der Waals surface area contributed by atoms with Gasteiger partial charge in [0.15, 0.2) is 5.69 Å². The van der Waals surface area contributed by atoms with E-state index in [-0.39, 0.29) is 28.4 Å². The maximum absolute atomic E-state index is 14.0. The molecule has 1 atom stereocenters. The van der Waals surface area contributed by atoms with Crippen LogP contribution in [0.3, 0.4) is 0 Å². The van der Waals surface area contributed by atoms with Crippen molar-refractivity contribution in [3.63, 3.8) is 0 Å². The highest BCUT2D eigenvalue weighted by atomic mass is 32.1. The lowest BCUT2D eigenvalue weighted by Crippen LogP contribution is -2.45. The van der Waals surface area contributed by atoms with Gasteiger partial charge >= 0.3 is 5.97 Å². The van der Waals surface area contributed by atoms with Crippen molar-refractivity contribution >= 4 is 46.6 Å². The maximum Gasteiger partial charge on any atom is 0.325 e. The van der Waals surface area contributed by atoms with Crippen LogP contribution in [0.4, 0.5) is 15.8 Å². The Labute approximate surface area is 216 Å². The Hall–Kier alpha value is -4.32. The molecule has 5 N–H and O–H groups in total. The van der Waals surface area contributed by atoms with Gasteiger partial charge in [-0.05, 0) is 61.6 Å². The van der Waals surface area contributed by atoms with Gasteiger partial charge < -0.3 is 21.5 Å². The number of esters is 1. The number of benzene rings is 2. The largest absolute Gasteiger partial charge is 0.465 e. The van der Waals surface area contributed by atoms with E-state index in [4.69, 9.17) is 16.2 Å². The number of carbonyl (C=O) groups excluding carboxylic acids is 4. The van der Waals surface area contributed by atoms with Gasteiger partial charge in [-0.3, -0.25) is 24.1 Å². The molecule has 0 saturated carbocycles. The number of hydrogen-bond donors (Lipinski definition) is 3. The zero-order valence-electron chi connectivity index (χ0n) is 20.4. The summed E-state index contributed by atoms with van der Waals surface area (Å²) in [6.45, 7) is 4.92. The zero-order valence-corrected chi connectivity index (χ0v) is 21.2. The van der Waals surface area contributed by atoms with E-state index in [9.17, 15) is 23.6 Å². The average molecular weight is 528 g/mol. The predicted molar refractivity (Wildman–Crippen MR) is 137 cm³/mol. The summed E-state index contributed by atoms with van der Waals surface area (Å²) in [6.07, 6.45) is 0. The second-order valence-corrected chi connectivity index (χ2v) is 8.85. The smallest absolute Gasteiger partial charge is 0.325 e. The number of amides is 3. The van der Waals surface area contributed by atoms with Gasteiger partial charge in [0.05, 0.1) is 12.3 Å². The summed E-state index contributed by atoms with van der Waals surface area (Å²) in [4.78, 5) is 52.2. The van der Waals surface area contributed by atoms with Crippen LogP contribution in [0, 0.1) is 19.7 Å². The van der Waals surface area contributed by atoms with Gasteiger partial charge in [-0.1, -0.05) is 29.8 Å². The Balaban J connectivity index is 2.19. The first-order valence-electron chi connectivity index (χ1n) is 11.2. The average Bonchev–Trinajstić information content (AvgIpc) is 3.24. The molecule has 0 aliphatic heterocycles. The molecule has 12 heteroatoms. The quantitative estimate of drug-likeness (QED) is 0.361. The van der Waals surface area contributed by atoms with Crippen molar-refractivity contribution in [3.05, 3.63) is 75.5 Å². The number of nitrogens with two attached hydrogens (primary N) is 2. The lowest BCUT2D eigenvalue weighted by Gasteiger charge is -2.32. The Bertz CT molecular complexity index is 1340. The Morgan fingerprint density at radius 3 is 2.38 bits per heavy atom. The van der Waals surface area contributed by atoms with Crippen LogP contribution in [0.15, 0.2) is 42.5 Å². The lowest BCUT2D eigenvalue weighted by molar-refractivity contribution is -0.143. The molecule has 1 heterocycles. The van der Waals surface area contributed by atoms with Gasteiger partial charge in [0.1, 0.15) is 23.3 Å². The number of nitrogen functional groups attached to an aromatic ring is 1. The molecule has 0 spiro atoms. The van der Waals surface area contributed by atoms with E-state index in [0.717, 1.165) is 17.7 Å². The highest BCUT2D eigenvalue weighted by Crippen LogP contribution is 2.35. The fourth-order valence-corrected chi connectivity index (χ4v) is 4.45. The van der Waals surface area contributed by atoms with Crippen LogP contribution in [-0.2, 0) is 14.3 Å². The van der Waals surface area contributed by atoms with Gasteiger partial charge in [-0.25, -0.2) is 4.39 Å². The molecule has 0 saturated heterocycles. The summed E-state index contributed by atoms with van der Waals surface area (Å²) < 4.78 is 22.5. The number of anilines is 2. The van der Waals surface area contributed by atoms with Gasteiger partial charge in [0.25, 0.3) is 11.8 Å². The fourth-order valence-electron chi connectivity index (χ4n) is 3.71. The topological polar surface area (TPSA) is 158 Å². The number of ether oxygens (including phenoxy) is 1. The molecule has 37 heavy (non-hydrogen) atoms. The van der Waals surface area contributed by atoms with E-state index >= 15 is 0 Å². The number of primary amides is 1. The molecule has 10 nitrogen and oxygen atoms in total. The monoisotopic (exact) mass is 527 g/mol. The number of nitrogens with one attached hydrogen (secondary N) is 1. The minimum absolute atomic E-state index is 0.112. The zero-order chi connectivity index (χ0) is 27.3. The second-order valence-electron chi connectivity index (χ2n) is 8.08. The normalized spacial score (nSPS) is 11.5. The minimum atomic E-state index is -1.36. The summed E-state index contributed by atoms with van der Waals surface area (Å²) in [6, 6.07) is 8.89.